The van der Waals surface area contributed by atoms with E-state index in [2.05, 4.69) is 0 Å². The second kappa shape index (κ2) is 10.5. The van der Waals surface area contributed by atoms with Crippen LogP contribution in [-0.4, -0.2) is 36.0 Å². The van der Waals surface area contributed by atoms with E-state index in [9.17, 15) is 14.3 Å². The second-order valence-corrected chi connectivity index (χ2v) is 8.62. The monoisotopic (exact) mass is 448 g/mol. The van der Waals surface area contributed by atoms with Crippen LogP contribution >= 0.6 is 0 Å². The maximum absolute atomic E-state index is 14.6. The summed E-state index contributed by atoms with van der Waals surface area (Å²) in [5.41, 5.74) is -0.373. The van der Waals surface area contributed by atoms with Crippen molar-refractivity contribution in [3.05, 3.63) is 52.6 Å². The molecule has 0 aliphatic carbocycles. The summed E-state index contributed by atoms with van der Waals surface area (Å²) in [6.45, 7) is 13.3. The van der Waals surface area contributed by atoms with E-state index in [4.69, 9.17) is 18.8 Å². The highest BCUT2D eigenvalue weighted by Crippen LogP contribution is 2.39. The molecule has 0 saturated carbocycles. The molecular formula is C24H34BFO6. The number of aliphatic hydroxyl groups excluding tert-OH is 1. The van der Waals surface area contributed by atoms with Gasteiger partial charge in [-0.2, -0.15) is 0 Å². The molecule has 1 aromatic rings. The van der Waals surface area contributed by atoms with Gasteiger partial charge in [-0.05, 0) is 46.8 Å². The van der Waals surface area contributed by atoms with Crippen molar-refractivity contribution in [1.82, 2.24) is 0 Å². The standard InChI is InChI=1S/C24H34BFO6/c1-8-17(30-22-16(12-11-13-19(22)26)14-21(28)29-10-3)15-18(20(27)9-2)25-31-23(4,5)24(6,7)32-25/h11-13,15,27H,8-10,14H2,1-7H3/b17-15+,20-18-. The molecule has 0 aromatic heterocycles. The van der Waals surface area contributed by atoms with Crippen LogP contribution in [0.15, 0.2) is 41.3 Å². The number of hydrogen-bond donors (Lipinski definition) is 1. The molecule has 1 aliphatic rings. The minimum absolute atomic E-state index is 0.0436. The van der Waals surface area contributed by atoms with Gasteiger partial charge in [0.2, 0.25) is 0 Å². The molecule has 0 amide bonds. The zero-order chi connectivity index (χ0) is 24.1. The smallest absolute Gasteiger partial charge is 0.498 e. The van der Waals surface area contributed by atoms with Crippen LogP contribution in [0.4, 0.5) is 4.39 Å². The van der Waals surface area contributed by atoms with Crippen LogP contribution in [-0.2, 0) is 25.3 Å². The Kier molecular flexibility index (Phi) is 8.54. The summed E-state index contributed by atoms with van der Waals surface area (Å²) in [4.78, 5) is 11.9. The molecule has 1 N–H and O–H groups in total. The van der Waals surface area contributed by atoms with Crippen molar-refractivity contribution in [1.29, 1.82) is 0 Å². The lowest BCUT2D eigenvalue weighted by Gasteiger charge is -2.32. The molecule has 1 fully saturated rings. The van der Waals surface area contributed by atoms with Gasteiger partial charge in [0.05, 0.1) is 30.0 Å². The highest BCUT2D eigenvalue weighted by molar-refractivity contribution is 6.55. The summed E-state index contributed by atoms with van der Waals surface area (Å²) in [6.07, 6.45) is 2.29. The van der Waals surface area contributed by atoms with Gasteiger partial charge in [-0.1, -0.05) is 26.0 Å². The number of para-hydroxylation sites is 1. The molecule has 6 nitrogen and oxygen atoms in total. The molecule has 1 heterocycles. The van der Waals surface area contributed by atoms with Gasteiger partial charge < -0.3 is 23.9 Å². The van der Waals surface area contributed by atoms with Gasteiger partial charge in [-0.15, -0.1) is 0 Å². The first kappa shape index (κ1) is 25.9. The van der Waals surface area contributed by atoms with Crippen LogP contribution in [0.3, 0.4) is 0 Å². The Labute approximate surface area is 190 Å². The zero-order valence-electron chi connectivity index (χ0n) is 20.1. The van der Waals surface area contributed by atoms with E-state index in [1.165, 1.54) is 12.1 Å². The Bertz CT molecular complexity index is 874. The number of ether oxygens (including phenoxy) is 2. The molecule has 176 valence electrons. The fourth-order valence-electron chi connectivity index (χ4n) is 3.14. The Hall–Kier alpha value is -2.32. The minimum atomic E-state index is -0.801. The Morgan fingerprint density at radius 3 is 2.28 bits per heavy atom. The van der Waals surface area contributed by atoms with Crippen molar-refractivity contribution in [3.63, 3.8) is 0 Å². The first-order valence-electron chi connectivity index (χ1n) is 11.0. The lowest BCUT2D eigenvalue weighted by atomic mass is 9.76. The molecule has 1 saturated heterocycles. The van der Waals surface area contributed by atoms with E-state index in [1.807, 2.05) is 41.5 Å². The molecule has 2 rings (SSSR count). The molecule has 0 spiro atoms. The van der Waals surface area contributed by atoms with Crippen molar-refractivity contribution in [3.8, 4) is 5.75 Å². The van der Waals surface area contributed by atoms with Crippen LogP contribution in [0.1, 0.15) is 66.9 Å². The molecule has 1 aliphatic heterocycles. The number of allylic oxidation sites excluding steroid dienone is 4. The molecular weight excluding hydrogens is 414 g/mol. The van der Waals surface area contributed by atoms with Crippen LogP contribution in [0.25, 0.3) is 0 Å². The van der Waals surface area contributed by atoms with Crippen molar-refractivity contribution >= 4 is 13.1 Å². The number of esters is 1. The van der Waals surface area contributed by atoms with Crippen LogP contribution in [0.2, 0.25) is 0 Å². The topological polar surface area (TPSA) is 74.2 Å². The van der Waals surface area contributed by atoms with Crippen molar-refractivity contribution in [2.75, 3.05) is 6.61 Å². The van der Waals surface area contributed by atoms with Gasteiger partial charge in [0, 0.05) is 23.9 Å². The fraction of sp³-hybridized carbons (Fsp3) is 0.542. The molecule has 1 aromatic carbocycles. The summed E-state index contributed by atoms with van der Waals surface area (Å²) >= 11 is 0. The van der Waals surface area contributed by atoms with E-state index in [0.717, 1.165) is 0 Å². The number of aliphatic hydroxyl groups is 1. The maximum Gasteiger partial charge on any atom is 0.498 e. The van der Waals surface area contributed by atoms with Crippen LogP contribution in [0.5, 0.6) is 5.75 Å². The number of carbonyl (C=O) groups is 1. The quantitative estimate of drug-likeness (QED) is 0.234. The third-order valence-corrected chi connectivity index (χ3v) is 5.76. The van der Waals surface area contributed by atoms with Gasteiger partial charge in [0.25, 0.3) is 0 Å². The highest BCUT2D eigenvalue weighted by atomic mass is 19.1. The number of hydrogen-bond acceptors (Lipinski definition) is 6. The van der Waals surface area contributed by atoms with Gasteiger partial charge in [-0.3, -0.25) is 4.79 Å². The Morgan fingerprint density at radius 1 is 1.12 bits per heavy atom. The predicted molar refractivity (Wildman–Crippen MR) is 122 cm³/mol. The largest absolute Gasteiger partial charge is 0.513 e. The summed E-state index contributed by atoms with van der Waals surface area (Å²) in [6, 6.07) is 4.41. The third-order valence-electron chi connectivity index (χ3n) is 5.76. The Morgan fingerprint density at radius 2 is 1.75 bits per heavy atom. The highest BCUT2D eigenvalue weighted by Gasteiger charge is 2.52. The van der Waals surface area contributed by atoms with Gasteiger partial charge in [0.1, 0.15) is 5.76 Å². The summed E-state index contributed by atoms with van der Waals surface area (Å²) in [7, 11) is -0.801. The molecule has 32 heavy (non-hydrogen) atoms. The van der Waals surface area contributed by atoms with E-state index in [1.54, 1.807) is 19.1 Å². The number of rotatable bonds is 9. The summed E-state index contributed by atoms with van der Waals surface area (Å²) in [5.74, 6) is -0.611. The van der Waals surface area contributed by atoms with Gasteiger partial charge in [0.15, 0.2) is 11.6 Å². The van der Waals surface area contributed by atoms with Gasteiger partial charge in [-0.25, -0.2) is 4.39 Å². The van der Waals surface area contributed by atoms with E-state index in [-0.39, 0.29) is 24.5 Å². The molecule has 0 bridgehead atoms. The van der Waals surface area contributed by atoms with Crippen molar-refractivity contribution < 1.29 is 33.1 Å². The lowest BCUT2D eigenvalue weighted by molar-refractivity contribution is -0.142. The number of halogens is 1. The van der Waals surface area contributed by atoms with E-state index >= 15 is 0 Å². The van der Waals surface area contributed by atoms with Gasteiger partial charge >= 0.3 is 13.1 Å². The summed E-state index contributed by atoms with van der Waals surface area (Å²) in [5, 5.41) is 10.6. The van der Waals surface area contributed by atoms with Crippen LogP contribution in [0, 0.1) is 5.82 Å². The maximum atomic E-state index is 14.6. The normalized spacial score (nSPS) is 18.4. The van der Waals surface area contributed by atoms with E-state index < -0.39 is 30.1 Å². The minimum Gasteiger partial charge on any atom is -0.513 e. The van der Waals surface area contributed by atoms with Crippen molar-refractivity contribution in [2.24, 2.45) is 0 Å². The molecule has 0 radical (unpaired) electrons. The average Bonchev–Trinajstić information content (AvgIpc) is 2.93. The molecule has 0 unspecified atom stereocenters. The predicted octanol–water partition coefficient (Wildman–Crippen LogP) is 5.46. The Balaban J connectivity index is 2.40. The third kappa shape index (κ3) is 5.92. The lowest BCUT2D eigenvalue weighted by Crippen LogP contribution is -2.41. The number of benzene rings is 1. The summed E-state index contributed by atoms with van der Waals surface area (Å²) < 4.78 is 37.7. The van der Waals surface area contributed by atoms with Crippen LogP contribution < -0.4 is 4.74 Å². The van der Waals surface area contributed by atoms with E-state index in [0.29, 0.717) is 29.6 Å². The second-order valence-electron chi connectivity index (χ2n) is 8.62. The average molecular weight is 448 g/mol. The van der Waals surface area contributed by atoms with Crippen molar-refractivity contribution in [2.45, 2.75) is 78.9 Å². The first-order valence-corrected chi connectivity index (χ1v) is 11.0. The molecule has 8 heteroatoms. The SMILES string of the molecule is CCOC(=O)Cc1cccc(F)c1O/C(=C/C(B1OC(C)(C)C(C)(C)O1)=C(/O)CC)CC. The number of carbonyl (C=O) groups excluding carboxylic acids is 1. The zero-order valence-corrected chi connectivity index (χ0v) is 20.1. The first-order chi connectivity index (χ1) is 15.0. The molecule has 0 atom stereocenters. The fourth-order valence-corrected chi connectivity index (χ4v) is 3.14.